The Kier molecular flexibility index (Phi) is 7.34. The molecule has 5 heteroatoms. The topological polar surface area (TPSA) is 47.3 Å². The molecule has 1 saturated heterocycles. The van der Waals surface area contributed by atoms with Crippen molar-refractivity contribution in [3.8, 4) is 6.07 Å². The van der Waals surface area contributed by atoms with Crippen LogP contribution in [0, 0.1) is 31.1 Å². The minimum Gasteiger partial charge on any atom is -0.340 e. The van der Waals surface area contributed by atoms with Gasteiger partial charge in [-0.05, 0) is 43.0 Å². The summed E-state index contributed by atoms with van der Waals surface area (Å²) in [6.07, 6.45) is 0.573. The first-order valence-electron chi connectivity index (χ1n) is 9.04. The van der Waals surface area contributed by atoms with Crippen LogP contribution >= 0.6 is 11.8 Å². The van der Waals surface area contributed by atoms with Gasteiger partial charge in [0.15, 0.2) is 0 Å². The molecule has 1 atom stereocenters. The van der Waals surface area contributed by atoms with Gasteiger partial charge in [-0.15, -0.1) is 11.8 Å². The molecule has 0 aromatic heterocycles. The van der Waals surface area contributed by atoms with Crippen molar-refractivity contribution in [3.63, 3.8) is 0 Å². The van der Waals surface area contributed by atoms with Crippen LogP contribution in [0.5, 0.6) is 0 Å². The van der Waals surface area contributed by atoms with Gasteiger partial charge in [-0.1, -0.05) is 19.9 Å². The standard InChI is InChI=1S/C20H29N3OS/c1-15(2)19(14-21)22-8-10-23(11-9-22)20(24)7-12-25-18-6-5-16(3)17(4)13-18/h5-6,13,15,19H,7-12H2,1-4H3. The molecule has 2 rings (SSSR count). The molecule has 1 amide bonds. The summed E-state index contributed by atoms with van der Waals surface area (Å²) in [6.45, 7) is 11.5. The summed E-state index contributed by atoms with van der Waals surface area (Å²) in [5.41, 5.74) is 2.60. The van der Waals surface area contributed by atoms with Gasteiger partial charge < -0.3 is 4.90 Å². The van der Waals surface area contributed by atoms with E-state index < -0.39 is 0 Å². The van der Waals surface area contributed by atoms with E-state index in [1.807, 2.05) is 4.90 Å². The van der Waals surface area contributed by atoms with Crippen LogP contribution < -0.4 is 0 Å². The zero-order valence-electron chi connectivity index (χ0n) is 15.8. The Bertz CT molecular complexity index is 630. The van der Waals surface area contributed by atoms with Gasteiger partial charge in [-0.25, -0.2) is 0 Å². The summed E-state index contributed by atoms with van der Waals surface area (Å²) in [5.74, 6) is 1.37. The van der Waals surface area contributed by atoms with E-state index in [0.29, 0.717) is 12.3 Å². The average Bonchev–Trinajstić information content (AvgIpc) is 2.59. The fraction of sp³-hybridized carbons (Fsp3) is 0.600. The number of nitriles is 1. The minimum absolute atomic E-state index is 0.0439. The lowest BCUT2D eigenvalue weighted by molar-refractivity contribution is -0.132. The van der Waals surface area contributed by atoms with Crippen molar-refractivity contribution in [2.24, 2.45) is 5.92 Å². The number of benzene rings is 1. The van der Waals surface area contributed by atoms with Crippen LogP contribution in [0.25, 0.3) is 0 Å². The van der Waals surface area contributed by atoms with Gasteiger partial charge in [0.2, 0.25) is 5.91 Å². The van der Waals surface area contributed by atoms with Gasteiger partial charge in [-0.2, -0.15) is 5.26 Å². The maximum absolute atomic E-state index is 12.4. The Morgan fingerprint density at radius 3 is 2.44 bits per heavy atom. The first-order valence-corrected chi connectivity index (χ1v) is 10.0. The molecule has 1 aromatic rings. The summed E-state index contributed by atoms with van der Waals surface area (Å²) in [4.78, 5) is 17.8. The zero-order valence-corrected chi connectivity index (χ0v) is 16.6. The number of thioether (sulfide) groups is 1. The Morgan fingerprint density at radius 2 is 1.88 bits per heavy atom. The quantitative estimate of drug-likeness (QED) is 0.730. The lowest BCUT2D eigenvalue weighted by atomic mass is 10.0. The van der Waals surface area contributed by atoms with Crippen LogP contribution in [0.15, 0.2) is 23.1 Å². The predicted octanol–water partition coefficient (Wildman–Crippen LogP) is 3.48. The van der Waals surface area contributed by atoms with Gasteiger partial charge in [0.05, 0.1) is 6.07 Å². The molecule has 0 N–H and O–H groups in total. The molecule has 0 radical (unpaired) electrons. The van der Waals surface area contributed by atoms with Gasteiger partial charge in [0, 0.05) is 43.2 Å². The molecule has 1 fully saturated rings. The third-order valence-electron chi connectivity index (χ3n) is 4.89. The van der Waals surface area contributed by atoms with Crippen LogP contribution in [-0.2, 0) is 4.79 Å². The van der Waals surface area contributed by atoms with Crippen LogP contribution in [0.1, 0.15) is 31.4 Å². The zero-order chi connectivity index (χ0) is 18.4. The molecule has 1 aliphatic rings. The summed E-state index contributed by atoms with van der Waals surface area (Å²) in [5, 5.41) is 9.31. The smallest absolute Gasteiger partial charge is 0.223 e. The fourth-order valence-electron chi connectivity index (χ4n) is 3.12. The normalized spacial score (nSPS) is 16.7. The molecule has 1 aromatic carbocycles. The number of aryl methyl sites for hydroxylation is 2. The van der Waals surface area contributed by atoms with Crippen molar-refractivity contribution in [2.45, 2.75) is 45.1 Å². The number of nitrogens with zero attached hydrogens (tertiary/aromatic N) is 3. The monoisotopic (exact) mass is 359 g/mol. The summed E-state index contributed by atoms with van der Waals surface area (Å²) >= 11 is 1.75. The molecule has 0 aliphatic carbocycles. The van der Waals surface area contributed by atoms with Crippen LogP contribution in [-0.4, -0.2) is 53.7 Å². The fourth-order valence-corrected chi connectivity index (χ4v) is 4.06. The second kappa shape index (κ2) is 9.26. The van der Waals surface area contributed by atoms with Crippen molar-refractivity contribution in [2.75, 3.05) is 31.9 Å². The molecule has 1 heterocycles. The Morgan fingerprint density at radius 1 is 1.20 bits per heavy atom. The molecule has 0 bridgehead atoms. The SMILES string of the molecule is Cc1ccc(SCCC(=O)N2CCN(C(C#N)C(C)C)CC2)cc1C. The summed E-state index contributed by atoms with van der Waals surface area (Å²) in [6, 6.07) is 8.81. The van der Waals surface area contributed by atoms with Gasteiger partial charge >= 0.3 is 0 Å². The second-order valence-corrected chi connectivity index (χ2v) is 8.25. The first-order chi connectivity index (χ1) is 11.9. The van der Waals surface area contributed by atoms with Crippen molar-refractivity contribution in [3.05, 3.63) is 29.3 Å². The number of hydrogen-bond donors (Lipinski definition) is 0. The molecule has 25 heavy (non-hydrogen) atoms. The Labute approximate surface area is 156 Å². The first kappa shape index (κ1) is 19.8. The maximum Gasteiger partial charge on any atom is 0.223 e. The molecular weight excluding hydrogens is 330 g/mol. The third-order valence-corrected chi connectivity index (χ3v) is 5.88. The van der Waals surface area contributed by atoms with Crippen molar-refractivity contribution in [1.82, 2.24) is 9.80 Å². The van der Waals surface area contributed by atoms with Crippen LogP contribution in [0.4, 0.5) is 0 Å². The van der Waals surface area contributed by atoms with E-state index in [2.05, 4.69) is 56.9 Å². The van der Waals surface area contributed by atoms with Gasteiger partial charge in [0.1, 0.15) is 6.04 Å². The highest BCUT2D eigenvalue weighted by Gasteiger charge is 2.27. The van der Waals surface area contributed by atoms with E-state index in [1.165, 1.54) is 16.0 Å². The lowest BCUT2D eigenvalue weighted by Crippen LogP contribution is -2.52. The van der Waals surface area contributed by atoms with E-state index in [4.69, 9.17) is 0 Å². The molecule has 1 unspecified atom stereocenters. The average molecular weight is 360 g/mol. The highest BCUT2D eigenvalue weighted by atomic mass is 32.2. The number of hydrogen-bond acceptors (Lipinski definition) is 4. The molecule has 136 valence electrons. The van der Waals surface area contributed by atoms with E-state index in [-0.39, 0.29) is 11.9 Å². The number of amides is 1. The van der Waals surface area contributed by atoms with Crippen LogP contribution in [0.3, 0.4) is 0 Å². The highest BCUT2D eigenvalue weighted by Crippen LogP contribution is 2.22. The van der Waals surface area contributed by atoms with Crippen molar-refractivity contribution in [1.29, 1.82) is 5.26 Å². The molecule has 1 aliphatic heterocycles. The van der Waals surface area contributed by atoms with Crippen molar-refractivity contribution >= 4 is 17.7 Å². The molecule has 0 spiro atoms. The molecule has 0 saturated carbocycles. The summed E-state index contributed by atoms with van der Waals surface area (Å²) in [7, 11) is 0. The van der Waals surface area contributed by atoms with Crippen LogP contribution in [0.2, 0.25) is 0 Å². The number of rotatable bonds is 6. The number of carbonyl (C=O) groups is 1. The predicted molar refractivity (Wildman–Crippen MR) is 104 cm³/mol. The second-order valence-electron chi connectivity index (χ2n) is 7.08. The number of carbonyl (C=O) groups excluding carboxylic acids is 1. The Hall–Kier alpha value is -1.51. The highest BCUT2D eigenvalue weighted by molar-refractivity contribution is 7.99. The molecular formula is C20H29N3OS. The van der Waals surface area contributed by atoms with Gasteiger partial charge in [-0.3, -0.25) is 9.69 Å². The van der Waals surface area contributed by atoms with Gasteiger partial charge in [0.25, 0.3) is 0 Å². The van der Waals surface area contributed by atoms with E-state index in [0.717, 1.165) is 31.9 Å². The largest absolute Gasteiger partial charge is 0.340 e. The van der Waals surface area contributed by atoms with E-state index in [1.54, 1.807) is 11.8 Å². The van der Waals surface area contributed by atoms with E-state index >= 15 is 0 Å². The minimum atomic E-state index is -0.0439. The number of piperazine rings is 1. The summed E-state index contributed by atoms with van der Waals surface area (Å²) < 4.78 is 0. The lowest BCUT2D eigenvalue weighted by Gasteiger charge is -2.38. The Balaban J connectivity index is 1.75. The molecule has 4 nitrogen and oxygen atoms in total. The maximum atomic E-state index is 12.4. The third kappa shape index (κ3) is 5.49. The van der Waals surface area contributed by atoms with E-state index in [9.17, 15) is 10.1 Å². The van der Waals surface area contributed by atoms with Crippen molar-refractivity contribution < 1.29 is 4.79 Å².